The third kappa shape index (κ3) is 3.24. The fourth-order valence-electron chi connectivity index (χ4n) is 2.19. The average molecular weight is 331 g/mol. The predicted octanol–water partition coefficient (Wildman–Crippen LogP) is 5.52. The Morgan fingerprint density at radius 2 is 2.05 bits per heavy atom. The van der Waals surface area contributed by atoms with Crippen molar-refractivity contribution in [2.75, 3.05) is 12.4 Å². The number of nitrogens with zero attached hydrogens (tertiary/aromatic N) is 1. The van der Waals surface area contributed by atoms with Crippen molar-refractivity contribution in [3.8, 4) is 17.0 Å². The van der Waals surface area contributed by atoms with Crippen LogP contribution in [-0.2, 0) is 0 Å². The van der Waals surface area contributed by atoms with E-state index in [1.165, 1.54) is 0 Å². The van der Waals surface area contributed by atoms with E-state index in [2.05, 4.69) is 16.4 Å². The van der Waals surface area contributed by atoms with E-state index < -0.39 is 0 Å². The van der Waals surface area contributed by atoms with Crippen molar-refractivity contribution < 1.29 is 4.74 Å². The molecule has 0 radical (unpaired) electrons. The molecule has 3 nitrogen and oxygen atoms in total. The molecule has 0 fully saturated rings. The van der Waals surface area contributed by atoms with E-state index in [0.717, 1.165) is 33.4 Å². The molecule has 1 heterocycles. The van der Waals surface area contributed by atoms with Crippen LogP contribution in [0, 0.1) is 6.92 Å². The van der Waals surface area contributed by atoms with Gasteiger partial charge in [0, 0.05) is 21.7 Å². The Hall–Kier alpha value is -2.04. The maximum atomic E-state index is 5.99. The zero-order valence-electron chi connectivity index (χ0n) is 12.3. The summed E-state index contributed by atoms with van der Waals surface area (Å²) in [5, 5.41) is 6.85. The third-order valence-corrected chi connectivity index (χ3v) is 4.26. The molecule has 3 rings (SSSR count). The van der Waals surface area contributed by atoms with Crippen molar-refractivity contribution in [2.24, 2.45) is 0 Å². The van der Waals surface area contributed by atoms with Crippen LogP contribution in [-0.4, -0.2) is 12.1 Å². The van der Waals surface area contributed by atoms with E-state index >= 15 is 0 Å². The van der Waals surface area contributed by atoms with Gasteiger partial charge < -0.3 is 10.1 Å². The number of ether oxygens (including phenoxy) is 1. The largest absolute Gasteiger partial charge is 0.496 e. The van der Waals surface area contributed by atoms with Crippen LogP contribution >= 0.6 is 22.9 Å². The summed E-state index contributed by atoms with van der Waals surface area (Å²) >= 11 is 7.55. The number of thiazole rings is 1. The van der Waals surface area contributed by atoms with E-state index in [0.29, 0.717) is 5.02 Å². The second kappa shape index (κ2) is 6.38. The van der Waals surface area contributed by atoms with E-state index in [1.54, 1.807) is 18.4 Å². The van der Waals surface area contributed by atoms with Gasteiger partial charge in [-0.2, -0.15) is 0 Å². The number of aromatic nitrogens is 1. The summed E-state index contributed by atoms with van der Waals surface area (Å²) in [6, 6.07) is 13.7. The van der Waals surface area contributed by atoms with Crippen LogP contribution in [0.15, 0.2) is 47.8 Å². The van der Waals surface area contributed by atoms with Crippen LogP contribution in [0.5, 0.6) is 5.75 Å². The van der Waals surface area contributed by atoms with Crippen molar-refractivity contribution in [1.82, 2.24) is 4.98 Å². The number of rotatable bonds is 4. The topological polar surface area (TPSA) is 34.1 Å². The highest BCUT2D eigenvalue weighted by atomic mass is 35.5. The van der Waals surface area contributed by atoms with Crippen molar-refractivity contribution >= 4 is 33.8 Å². The van der Waals surface area contributed by atoms with Crippen LogP contribution < -0.4 is 10.1 Å². The zero-order valence-corrected chi connectivity index (χ0v) is 13.8. The minimum Gasteiger partial charge on any atom is -0.496 e. The van der Waals surface area contributed by atoms with Gasteiger partial charge >= 0.3 is 0 Å². The lowest BCUT2D eigenvalue weighted by atomic mass is 10.1. The van der Waals surface area contributed by atoms with Gasteiger partial charge in [-0.1, -0.05) is 17.7 Å². The molecule has 2 aromatic carbocycles. The molecule has 0 spiro atoms. The number of hydrogen-bond acceptors (Lipinski definition) is 4. The molecule has 0 aliphatic heterocycles. The first-order valence-electron chi connectivity index (χ1n) is 6.79. The highest BCUT2D eigenvalue weighted by Gasteiger charge is 2.07. The van der Waals surface area contributed by atoms with Crippen LogP contribution in [0.1, 0.15) is 5.56 Å². The molecule has 22 heavy (non-hydrogen) atoms. The van der Waals surface area contributed by atoms with E-state index in [1.807, 2.05) is 48.7 Å². The molecular weight excluding hydrogens is 316 g/mol. The van der Waals surface area contributed by atoms with Crippen molar-refractivity contribution in [1.29, 1.82) is 0 Å². The molecule has 5 heteroatoms. The molecule has 0 saturated heterocycles. The summed E-state index contributed by atoms with van der Waals surface area (Å²) in [4.78, 5) is 4.63. The summed E-state index contributed by atoms with van der Waals surface area (Å²) in [6.07, 6.45) is 0. The Kier molecular flexibility index (Phi) is 4.32. The lowest BCUT2D eigenvalue weighted by Crippen LogP contribution is -1.90. The van der Waals surface area contributed by atoms with Crippen LogP contribution in [0.4, 0.5) is 10.8 Å². The Morgan fingerprint density at radius 1 is 1.18 bits per heavy atom. The Morgan fingerprint density at radius 3 is 2.77 bits per heavy atom. The molecule has 0 aliphatic rings. The van der Waals surface area contributed by atoms with E-state index in [-0.39, 0.29) is 0 Å². The maximum absolute atomic E-state index is 5.99. The number of aryl methyl sites for hydroxylation is 1. The van der Waals surface area contributed by atoms with Gasteiger partial charge in [0.1, 0.15) is 5.75 Å². The minimum absolute atomic E-state index is 0.701. The summed E-state index contributed by atoms with van der Waals surface area (Å²) in [5.74, 6) is 0.885. The zero-order chi connectivity index (χ0) is 15.5. The van der Waals surface area contributed by atoms with Gasteiger partial charge in [0.25, 0.3) is 0 Å². The Balaban J connectivity index is 1.83. The van der Waals surface area contributed by atoms with E-state index in [9.17, 15) is 0 Å². The number of nitrogens with one attached hydrogen (secondary N) is 1. The van der Waals surface area contributed by atoms with Crippen LogP contribution in [0.25, 0.3) is 11.3 Å². The summed E-state index contributed by atoms with van der Waals surface area (Å²) in [5.41, 5.74) is 4.05. The maximum Gasteiger partial charge on any atom is 0.187 e. The lowest BCUT2D eigenvalue weighted by Gasteiger charge is -2.06. The van der Waals surface area contributed by atoms with Crippen molar-refractivity contribution in [3.05, 3.63) is 58.4 Å². The first kappa shape index (κ1) is 14.9. The minimum atomic E-state index is 0.701. The SMILES string of the molecule is COc1ccc(-c2csc(Nc3cccc(Cl)c3)n2)cc1C. The Labute approximate surface area is 138 Å². The quantitative estimate of drug-likeness (QED) is 0.683. The second-order valence-electron chi connectivity index (χ2n) is 4.86. The first-order valence-corrected chi connectivity index (χ1v) is 8.04. The fraction of sp³-hybridized carbons (Fsp3) is 0.118. The number of methoxy groups -OCH3 is 1. The molecule has 112 valence electrons. The van der Waals surface area contributed by atoms with Gasteiger partial charge in [-0.3, -0.25) is 0 Å². The summed E-state index contributed by atoms with van der Waals surface area (Å²) < 4.78 is 5.29. The van der Waals surface area contributed by atoms with Gasteiger partial charge in [0.05, 0.1) is 12.8 Å². The average Bonchev–Trinajstić information content (AvgIpc) is 2.95. The molecule has 0 bridgehead atoms. The van der Waals surface area contributed by atoms with Gasteiger partial charge in [-0.25, -0.2) is 4.98 Å². The normalized spacial score (nSPS) is 10.5. The molecule has 0 saturated carbocycles. The fourth-order valence-corrected chi connectivity index (χ4v) is 3.12. The second-order valence-corrected chi connectivity index (χ2v) is 6.15. The molecule has 1 aromatic heterocycles. The van der Waals surface area contributed by atoms with Gasteiger partial charge in [-0.05, 0) is 48.9 Å². The molecule has 0 atom stereocenters. The summed E-state index contributed by atoms with van der Waals surface area (Å²) in [6.45, 7) is 2.03. The number of hydrogen-bond donors (Lipinski definition) is 1. The van der Waals surface area contributed by atoms with Gasteiger partial charge in [0.2, 0.25) is 0 Å². The predicted molar refractivity (Wildman–Crippen MR) is 93.6 cm³/mol. The highest BCUT2D eigenvalue weighted by molar-refractivity contribution is 7.14. The number of anilines is 2. The smallest absolute Gasteiger partial charge is 0.187 e. The van der Waals surface area contributed by atoms with Gasteiger partial charge in [0.15, 0.2) is 5.13 Å². The number of benzene rings is 2. The molecule has 0 amide bonds. The molecule has 0 unspecified atom stereocenters. The first-order chi connectivity index (χ1) is 10.7. The molecule has 0 aliphatic carbocycles. The number of halogens is 1. The van der Waals surface area contributed by atoms with E-state index in [4.69, 9.17) is 16.3 Å². The molecular formula is C17H15ClN2OS. The van der Waals surface area contributed by atoms with Crippen LogP contribution in [0.2, 0.25) is 5.02 Å². The van der Waals surface area contributed by atoms with Crippen molar-refractivity contribution in [2.45, 2.75) is 6.92 Å². The molecule has 3 aromatic rings. The Bertz CT molecular complexity index is 801. The highest BCUT2D eigenvalue weighted by Crippen LogP contribution is 2.30. The van der Waals surface area contributed by atoms with Crippen molar-refractivity contribution in [3.63, 3.8) is 0 Å². The summed E-state index contributed by atoms with van der Waals surface area (Å²) in [7, 11) is 1.68. The third-order valence-electron chi connectivity index (χ3n) is 3.27. The van der Waals surface area contributed by atoms with Crippen LogP contribution in [0.3, 0.4) is 0 Å². The monoisotopic (exact) mass is 330 g/mol. The molecule has 1 N–H and O–H groups in total. The lowest BCUT2D eigenvalue weighted by molar-refractivity contribution is 0.412. The van der Waals surface area contributed by atoms with Gasteiger partial charge in [-0.15, -0.1) is 11.3 Å². The standard InChI is InChI=1S/C17H15ClN2OS/c1-11-8-12(6-7-16(11)21-2)15-10-22-17(20-15)19-14-5-3-4-13(18)9-14/h3-10H,1-2H3,(H,19,20).